The van der Waals surface area contributed by atoms with Gasteiger partial charge in [-0.2, -0.15) is 0 Å². The van der Waals surface area contributed by atoms with Crippen LogP contribution in [-0.4, -0.2) is 42.9 Å². The summed E-state index contributed by atoms with van der Waals surface area (Å²) in [7, 11) is 1.60. The Morgan fingerprint density at radius 3 is 2.62 bits per heavy atom. The van der Waals surface area contributed by atoms with Crippen molar-refractivity contribution in [3.05, 3.63) is 28.2 Å². The van der Waals surface area contributed by atoms with Crippen LogP contribution in [0.5, 0.6) is 0 Å². The van der Waals surface area contributed by atoms with Crippen molar-refractivity contribution >= 4 is 40.7 Å². The van der Waals surface area contributed by atoms with Gasteiger partial charge in [-0.1, -0.05) is 23.2 Å². The summed E-state index contributed by atoms with van der Waals surface area (Å²) in [6, 6.07) is 5.34. The summed E-state index contributed by atoms with van der Waals surface area (Å²) in [4.78, 5) is 24.9. The van der Waals surface area contributed by atoms with E-state index in [-0.39, 0.29) is 24.9 Å². The van der Waals surface area contributed by atoms with Crippen molar-refractivity contribution < 1.29 is 9.59 Å². The van der Waals surface area contributed by atoms with E-state index in [4.69, 9.17) is 23.2 Å². The van der Waals surface area contributed by atoms with Gasteiger partial charge in [0.25, 0.3) is 0 Å². The quantitative estimate of drug-likeness (QED) is 0.840. The lowest BCUT2D eigenvalue weighted by molar-refractivity contribution is -0.133. The summed E-state index contributed by atoms with van der Waals surface area (Å²) in [6.45, 7) is 0.156. The first-order valence-electron chi connectivity index (χ1n) is 6.68. The van der Waals surface area contributed by atoms with Crippen molar-refractivity contribution in [2.24, 2.45) is 0 Å². The lowest BCUT2D eigenvalue weighted by Crippen LogP contribution is -2.41. The molecule has 114 valence electrons. The van der Waals surface area contributed by atoms with Crippen LogP contribution in [0.4, 0.5) is 5.69 Å². The summed E-state index contributed by atoms with van der Waals surface area (Å²) >= 11 is 11.7. The second-order valence-electron chi connectivity index (χ2n) is 5.07. The molecule has 1 aromatic rings. The van der Waals surface area contributed by atoms with Gasteiger partial charge >= 0.3 is 0 Å². The van der Waals surface area contributed by atoms with Gasteiger partial charge in [0.05, 0.1) is 23.1 Å². The Hall–Kier alpha value is -1.46. The molecule has 5 nitrogen and oxygen atoms in total. The Balaban J connectivity index is 1.77. The molecule has 0 radical (unpaired) electrons. The monoisotopic (exact) mass is 329 g/mol. The number of halogens is 2. The molecule has 0 atom stereocenters. The van der Waals surface area contributed by atoms with Gasteiger partial charge < -0.3 is 15.5 Å². The van der Waals surface area contributed by atoms with Gasteiger partial charge in [-0.3, -0.25) is 9.59 Å². The van der Waals surface area contributed by atoms with E-state index in [2.05, 4.69) is 10.6 Å². The van der Waals surface area contributed by atoms with Crippen LogP contribution in [0.1, 0.15) is 12.8 Å². The second-order valence-corrected chi connectivity index (χ2v) is 5.89. The lowest BCUT2D eigenvalue weighted by atomic mass is 10.3. The molecule has 1 aromatic carbocycles. The van der Waals surface area contributed by atoms with Crippen LogP contribution in [-0.2, 0) is 9.59 Å². The first-order chi connectivity index (χ1) is 9.95. The molecule has 1 saturated carbocycles. The minimum absolute atomic E-state index is 0.0678. The average Bonchev–Trinajstić information content (AvgIpc) is 3.23. The molecule has 21 heavy (non-hydrogen) atoms. The SMILES string of the molecule is CN(CC(=O)NC1CC1)C(=O)CNc1ccc(Cl)c(Cl)c1. The summed E-state index contributed by atoms with van der Waals surface area (Å²) in [5.41, 5.74) is 0.702. The molecule has 1 aliphatic rings. The van der Waals surface area contributed by atoms with Crippen LogP contribution in [0, 0.1) is 0 Å². The molecule has 0 saturated heterocycles. The summed E-state index contributed by atoms with van der Waals surface area (Å²) in [5.74, 6) is -0.296. The number of rotatable bonds is 6. The molecule has 0 heterocycles. The predicted octanol–water partition coefficient (Wildman–Crippen LogP) is 2.14. The molecule has 1 fully saturated rings. The third-order valence-electron chi connectivity index (χ3n) is 3.11. The number of benzene rings is 1. The van der Waals surface area contributed by atoms with Gasteiger partial charge in [0.1, 0.15) is 0 Å². The van der Waals surface area contributed by atoms with Crippen molar-refractivity contribution in [2.45, 2.75) is 18.9 Å². The normalized spacial score (nSPS) is 13.7. The van der Waals surface area contributed by atoms with E-state index < -0.39 is 0 Å². The third kappa shape index (κ3) is 5.10. The fourth-order valence-electron chi connectivity index (χ4n) is 1.72. The number of nitrogens with zero attached hydrogens (tertiary/aromatic N) is 1. The molecule has 7 heteroatoms. The highest BCUT2D eigenvalue weighted by molar-refractivity contribution is 6.42. The molecule has 2 N–H and O–H groups in total. The minimum Gasteiger partial charge on any atom is -0.376 e. The highest BCUT2D eigenvalue weighted by Gasteiger charge is 2.24. The lowest BCUT2D eigenvalue weighted by Gasteiger charge is -2.17. The molecular formula is C14H17Cl2N3O2. The molecule has 2 rings (SSSR count). The molecular weight excluding hydrogens is 313 g/mol. The number of carbonyl (C=O) groups is 2. The Morgan fingerprint density at radius 1 is 1.29 bits per heavy atom. The molecule has 2 amide bonds. The first-order valence-corrected chi connectivity index (χ1v) is 7.43. The highest BCUT2D eigenvalue weighted by atomic mass is 35.5. The van der Waals surface area contributed by atoms with Gasteiger partial charge in [0.2, 0.25) is 11.8 Å². The van der Waals surface area contributed by atoms with Crippen molar-refractivity contribution in [1.29, 1.82) is 0 Å². The van der Waals surface area contributed by atoms with Gasteiger partial charge in [0.15, 0.2) is 0 Å². The van der Waals surface area contributed by atoms with Crippen LogP contribution in [0.3, 0.4) is 0 Å². The maximum atomic E-state index is 11.9. The highest BCUT2D eigenvalue weighted by Crippen LogP contribution is 2.24. The molecule has 0 spiro atoms. The topological polar surface area (TPSA) is 61.4 Å². The van der Waals surface area contributed by atoms with Crippen LogP contribution in [0.2, 0.25) is 10.0 Å². The van der Waals surface area contributed by atoms with Crippen molar-refractivity contribution in [1.82, 2.24) is 10.2 Å². The fraction of sp³-hybridized carbons (Fsp3) is 0.429. The molecule has 1 aliphatic carbocycles. The number of likely N-dealkylation sites (N-methyl/N-ethyl adjacent to an activating group) is 1. The maximum Gasteiger partial charge on any atom is 0.242 e. The number of hydrogen-bond donors (Lipinski definition) is 2. The summed E-state index contributed by atoms with van der Waals surface area (Å²) < 4.78 is 0. The van der Waals surface area contributed by atoms with E-state index in [0.717, 1.165) is 12.8 Å². The van der Waals surface area contributed by atoms with E-state index in [9.17, 15) is 9.59 Å². The van der Waals surface area contributed by atoms with Gasteiger partial charge in [-0.25, -0.2) is 0 Å². The van der Waals surface area contributed by atoms with Gasteiger partial charge in [-0.15, -0.1) is 0 Å². The number of amides is 2. The molecule has 0 unspecified atom stereocenters. The number of anilines is 1. The number of carbonyl (C=O) groups excluding carboxylic acids is 2. The van der Waals surface area contributed by atoms with E-state index in [1.54, 1.807) is 25.2 Å². The first kappa shape index (κ1) is 15.9. The summed E-state index contributed by atoms with van der Waals surface area (Å²) in [5, 5.41) is 6.68. The average molecular weight is 330 g/mol. The van der Waals surface area contributed by atoms with E-state index in [0.29, 0.717) is 21.8 Å². The molecule has 0 aliphatic heterocycles. The van der Waals surface area contributed by atoms with Crippen LogP contribution < -0.4 is 10.6 Å². The maximum absolute atomic E-state index is 11.9. The van der Waals surface area contributed by atoms with E-state index in [1.165, 1.54) is 4.90 Å². The zero-order valence-electron chi connectivity index (χ0n) is 11.7. The van der Waals surface area contributed by atoms with Crippen molar-refractivity contribution in [3.63, 3.8) is 0 Å². The zero-order valence-corrected chi connectivity index (χ0v) is 13.2. The van der Waals surface area contributed by atoms with Gasteiger partial charge in [0, 0.05) is 18.8 Å². The Morgan fingerprint density at radius 2 is 2.00 bits per heavy atom. The zero-order chi connectivity index (χ0) is 15.4. The standard InChI is InChI=1S/C14H17Cl2N3O2/c1-19(8-13(20)18-9-2-3-9)14(21)7-17-10-4-5-11(15)12(16)6-10/h4-6,9,17H,2-3,7-8H2,1H3,(H,18,20). The fourth-order valence-corrected chi connectivity index (χ4v) is 2.02. The van der Waals surface area contributed by atoms with Gasteiger partial charge in [-0.05, 0) is 31.0 Å². The van der Waals surface area contributed by atoms with E-state index >= 15 is 0 Å². The van der Waals surface area contributed by atoms with Crippen LogP contribution in [0.25, 0.3) is 0 Å². The van der Waals surface area contributed by atoms with Crippen LogP contribution >= 0.6 is 23.2 Å². The van der Waals surface area contributed by atoms with Crippen molar-refractivity contribution in [2.75, 3.05) is 25.5 Å². The number of nitrogens with one attached hydrogen (secondary N) is 2. The van der Waals surface area contributed by atoms with E-state index in [1.807, 2.05) is 0 Å². The molecule has 0 aromatic heterocycles. The predicted molar refractivity (Wildman–Crippen MR) is 83.8 cm³/mol. The Kier molecular flexibility index (Phi) is 5.31. The largest absolute Gasteiger partial charge is 0.376 e. The van der Waals surface area contributed by atoms with Crippen LogP contribution in [0.15, 0.2) is 18.2 Å². The second kappa shape index (κ2) is 7.00. The Labute approximate surface area is 133 Å². The smallest absolute Gasteiger partial charge is 0.242 e. The minimum atomic E-state index is -0.174. The van der Waals surface area contributed by atoms with Crippen molar-refractivity contribution in [3.8, 4) is 0 Å². The molecule has 0 bridgehead atoms. The number of hydrogen-bond acceptors (Lipinski definition) is 3. The third-order valence-corrected chi connectivity index (χ3v) is 3.85. The summed E-state index contributed by atoms with van der Waals surface area (Å²) in [6.07, 6.45) is 2.06. The Bertz CT molecular complexity index is 547.